The highest BCUT2D eigenvalue weighted by molar-refractivity contribution is 5.99. The van der Waals surface area contributed by atoms with Crippen LogP contribution < -0.4 is 15.8 Å². The van der Waals surface area contributed by atoms with E-state index in [2.05, 4.69) is 17.4 Å². The number of benzene rings is 1. The van der Waals surface area contributed by atoms with Crippen molar-refractivity contribution in [2.24, 2.45) is 10.9 Å². The topological polar surface area (TPSA) is 79.9 Å². The van der Waals surface area contributed by atoms with Crippen LogP contribution in [-0.2, 0) is 6.54 Å². The average molecular weight is 277 g/mol. The highest BCUT2D eigenvalue weighted by Crippen LogP contribution is 2.35. The summed E-state index contributed by atoms with van der Waals surface area (Å²) < 4.78 is 5.31. The fraction of sp³-hybridized carbons (Fsp3) is 0.533. The third kappa shape index (κ3) is 2.88. The highest BCUT2D eigenvalue weighted by Gasteiger charge is 2.34. The molecule has 1 aromatic rings. The van der Waals surface area contributed by atoms with E-state index in [4.69, 9.17) is 15.7 Å². The number of hydrogen-bond donors (Lipinski definition) is 3. The number of oxime groups is 1. The van der Waals surface area contributed by atoms with Crippen molar-refractivity contribution in [1.82, 2.24) is 5.32 Å². The summed E-state index contributed by atoms with van der Waals surface area (Å²) in [5.41, 5.74) is 7.68. The molecule has 1 fully saturated rings. The minimum absolute atomic E-state index is 0.0605. The molecule has 1 saturated carbocycles. The quantitative estimate of drug-likeness (QED) is 0.322. The summed E-state index contributed by atoms with van der Waals surface area (Å²) in [5.74, 6) is 0.684. The molecule has 1 aliphatic carbocycles. The van der Waals surface area contributed by atoms with Gasteiger partial charge in [-0.3, -0.25) is 0 Å². The molecule has 0 unspecified atom stereocenters. The van der Waals surface area contributed by atoms with Crippen LogP contribution in [0.3, 0.4) is 0 Å². The zero-order chi connectivity index (χ0) is 14.6. The number of nitrogens with zero attached hydrogens (tertiary/aromatic N) is 1. The van der Waals surface area contributed by atoms with Gasteiger partial charge in [-0.15, -0.1) is 0 Å². The summed E-state index contributed by atoms with van der Waals surface area (Å²) in [4.78, 5) is 0. The predicted molar refractivity (Wildman–Crippen MR) is 79.2 cm³/mol. The van der Waals surface area contributed by atoms with E-state index in [-0.39, 0.29) is 5.84 Å². The van der Waals surface area contributed by atoms with Crippen molar-refractivity contribution in [3.8, 4) is 5.75 Å². The Labute approximate surface area is 119 Å². The van der Waals surface area contributed by atoms with Crippen LogP contribution in [0.4, 0.5) is 0 Å². The monoisotopic (exact) mass is 277 g/mol. The van der Waals surface area contributed by atoms with Gasteiger partial charge in [0.15, 0.2) is 5.84 Å². The van der Waals surface area contributed by atoms with Crippen molar-refractivity contribution >= 4 is 5.84 Å². The van der Waals surface area contributed by atoms with Gasteiger partial charge in [0.1, 0.15) is 5.75 Å². The number of nitrogens with one attached hydrogen (secondary N) is 1. The Bertz CT molecular complexity index is 490. The molecule has 0 atom stereocenters. The number of hydrogen-bond acceptors (Lipinski definition) is 4. The molecule has 0 aromatic heterocycles. The Morgan fingerprint density at radius 1 is 1.50 bits per heavy atom. The van der Waals surface area contributed by atoms with Crippen molar-refractivity contribution in [3.63, 3.8) is 0 Å². The molecule has 0 amide bonds. The van der Waals surface area contributed by atoms with E-state index in [0.29, 0.717) is 16.9 Å². The van der Waals surface area contributed by atoms with Crippen molar-refractivity contribution in [2.45, 2.75) is 44.7 Å². The largest absolute Gasteiger partial charge is 0.496 e. The lowest BCUT2D eigenvalue weighted by Crippen LogP contribution is -2.49. The van der Waals surface area contributed by atoms with Gasteiger partial charge in [-0.1, -0.05) is 18.1 Å². The van der Waals surface area contributed by atoms with Gasteiger partial charge in [-0.2, -0.15) is 0 Å². The molecule has 0 radical (unpaired) electrons. The minimum atomic E-state index is 0.0605. The minimum Gasteiger partial charge on any atom is -0.496 e. The van der Waals surface area contributed by atoms with E-state index in [1.54, 1.807) is 7.11 Å². The summed E-state index contributed by atoms with van der Waals surface area (Å²) >= 11 is 0. The van der Waals surface area contributed by atoms with Gasteiger partial charge in [0, 0.05) is 12.1 Å². The lowest BCUT2D eigenvalue weighted by Gasteiger charge is -2.42. The van der Waals surface area contributed by atoms with Crippen molar-refractivity contribution in [2.75, 3.05) is 7.11 Å². The van der Waals surface area contributed by atoms with Crippen LogP contribution in [0.5, 0.6) is 5.75 Å². The first-order valence-corrected chi connectivity index (χ1v) is 7.04. The molecule has 5 nitrogen and oxygen atoms in total. The maximum Gasteiger partial charge on any atom is 0.173 e. The SMILES string of the molecule is CCC1(NCc2ccc(/C(N)=N/O)c(OC)c2)CCC1. The van der Waals surface area contributed by atoms with Crippen LogP contribution in [0.2, 0.25) is 0 Å². The molecular weight excluding hydrogens is 254 g/mol. The van der Waals surface area contributed by atoms with Crippen LogP contribution in [0, 0.1) is 0 Å². The molecule has 1 aromatic carbocycles. The van der Waals surface area contributed by atoms with Gasteiger partial charge in [0.2, 0.25) is 0 Å². The molecule has 2 rings (SSSR count). The van der Waals surface area contributed by atoms with Crippen molar-refractivity contribution < 1.29 is 9.94 Å². The first-order valence-electron chi connectivity index (χ1n) is 7.04. The zero-order valence-electron chi connectivity index (χ0n) is 12.1. The van der Waals surface area contributed by atoms with Gasteiger partial charge < -0.3 is 21.0 Å². The number of ether oxygens (including phenoxy) is 1. The molecule has 0 bridgehead atoms. The number of nitrogens with two attached hydrogens (primary N) is 1. The van der Waals surface area contributed by atoms with Crippen LogP contribution in [0.15, 0.2) is 23.4 Å². The second kappa shape index (κ2) is 6.13. The molecule has 0 aliphatic heterocycles. The van der Waals surface area contributed by atoms with Gasteiger partial charge in [0.25, 0.3) is 0 Å². The first-order chi connectivity index (χ1) is 9.64. The highest BCUT2D eigenvalue weighted by atomic mass is 16.5. The Balaban J connectivity index is 2.10. The van der Waals surface area contributed by atoms with E-state index >= 15 is 0 Å². The molecule has 1 aliphatic rings. The maximum atomic E-state index is 8.75. The van der Waals surface area contributed by atoms with Crippen molar-refractivity contribution in [3.05, 3.63) is 29.3 Å². The van der Waals surface area contributed by atoms with E-state index in [9.17, 15) is 0 Å². The molecule has 5 heteroatoms. The third-order valence-electron chi connectivity index (χ3n) is 4.30. The van der Waals surface area contributed by atoms with Crippen LogP contribution in [0.1, 0.15) is 43.7 Å². The Hall–Kier alpha value is -1.75. The molecule has 0 heterocycles. The van der Waals surface area contributed by atoms with Crippen LogP contribution in [-0.4, -0.2) is 23.7 Å². The van der Waals surface area contributed by atoms with Crippen molar-refractivity contribution in [1.29, 1.82) is 0 Å². The molecule has 20 heavy (non-hydrogen) atoms. The first kappa shape index (κ1) is 14.7. The smallest absolute Gasteiger partial charge is 0.173 e. The summed E-state index contributed by atoms with van der Waals surface area (Å²) in [6, 6.07) is 5.73. The number of amidine groups is 1. The van der Waals surface area contributed by atoms with Gasteiger partial charge in [-0.05, 0) is 43.4 Å². The van der Waals surface area contributed by atoms with Gasteiger partial charge >= 0.3 is 0 Å². The van der Waals surface area contributed by atoms with Gasteiger partial charge in [0.05, 0.1) is 12.7 Å². The summed E-state index contributed by atoms with van der Waals surface area (Å²) in [5, 5.41) is 15.4. The molecule has 4 N–H and O–H groups in total. The molecule has 0 spiro atoms. The van der Waals surface area contributed by atoms with E-state index < -0.39 is 0 Å². The lowest BCUT2D eigenvalue weighted by molar-refractivity contribution is 0.175. The zero-order valence-corrected chi connectivity index (χ0v) is 12.1. The predicted octanol–water partition coefficient (Wildman–Crippen LogP) is 2.21. The fourth-order valence-corrected chi connectivity index (χ4v) is 2.66. The summed E-state index contributed by atoms with van der Waals surface area (Å²) in [6.45, 7) is 3.04. The second-order valence-corrected chi connectivity index (χ2v) is 5.36. The number of rotatable bonds is 6. The van der Waals surface area contributed by atoms with Crippen LogP contribution >= 0.6 is 0 Å². The van der Waals surface area contributed by atoms with Crippen LogP contribution in [0.25, 0.3) is 0 Å². The average Bonchev–Trinajstić information content (AvgIpc) is 2.45. The normalized spacial score (nSPS) is 17.6. The maximum absolute atomic E-state index is 8.75. The third-order valence-corrected chi connectivity index (χ3v) is 4.30. The standard InChI is InChI=1S/C15H23N3O2/c1-3-15(7-4-8-15)17-10-11-5-6-12(14(16)18-19)13(9-11)20-2/h5-6,9,17,19H,3-4,7-8,10H2,1-2H3,(H2,16,18). The lowest BCUT2D eigenvalue weighted by atomic mass is 9.75. The molecule has 110 valence electrons. The van der Waals surface area contributed by atoms with E-state index in [0.717, 1.165) is 18.5 Å². The Morgan fingerprint density at radius 2 is 2.25 bits per heavy atom. The van der Waals surface area contributed by atoms with E-state index in [1.807, 2.05) is 18.2 Å². The Morgan fingerprint density at radius 3 is 2.75 bits per heavy atom. The Kier molecular flexibility index (Phi) is 4.49. The summed E-state index contributed by atoms with van der Waals surface area (Å²) in [7, 11) is 1.58. The van der Waals surface area contributed by atoms with Gasteiger partial charge in [-0.25, -0.2) is 0 Å². The molecule has 0 saturated heterocycles. The molecular formula is C15H23N3O2. The van der Waals surface area contributed by atoms with E-state index in [1.165, 1.54) is 19.3 Å². The fourth-order valence-electron chi connectivity index (χ4n) is 2.66. The summed E-state index contributed by atoms with van der Waals surface area (Å²) in [6.07, 6.45) is 4.98. The second-order valence-electron chi connectivity index (χ2n) is 5.36. The number of methoxy groups -OCH3 is 1.